The van der Waals surface area contributed by atoms with Crippen LogP contribution < -0.4 is 4.90 Å². The van der Waals surface area contributed by atoms with Gasteiger partial charge in [-0.2, -0.15) is 0 Å². The minimum atomic E-state index is -0.458. The van der Waals surface area contributed by atoms with Gasteiger partial charge in [0, 0.05) is 22.4 Å². The van der Waals surface area contributed by atoms with Crippen LogP contribution in [0.2, 0.25) is 0 Å². The molecule has 0 fully saturated rings. The molecule has 1 nitrogen and oxygen atoms in total. The third kappa shape index (κ3) is 4.94. The lowest BCUT2D eigenvalue weighted by atomic mass is 9.70. The Hall–Kier alpha value is -7.74. The first kappa shape index (κ1) is 36.0. The van der Waals surface area contributed by atoms with Crippen molar-refractivity contribution in [3.05, 3.63) is 258 Å². The fourth-order valence-corrected chi connectivity index (χ4v) is 11.8. The molecular weight excluding hydrogens is 759 g/mol. The van der Waals surface area contributed by atoms with Crippen molar-refractivity contribution in [3.63, 3.8) is 0 Å². The van der Waals surface area contributed by atoms with E-state index in [-0.39, 0.29) is 5.41 Å². The predicted octanol–water partition coefficient (Wildman–Crippen LogP) is 16.3. The van der Waals surface area contributed by atoms with E-state index in [0.717, 1.165) is 17.1 Å². The lowest BCUT2D eigenvalue weighted by Crippen LogP contribution is -2.26. The first-order chi connectivity index (χ1) is 31.0. The number of anilines is 3. The van der Waals surface area contributed by atoms with E-state index < -0.39 is 5.41 Å². The van der Waals surface area contributed by atoms with Crippen LogP contribution in [0.3, 0.4) is 0 Å². The Balaban J connectivity index is 1.09. The lowest BCUT2D eigenvalue weighted by Gasteiger charge is -2.33. The molecule has 10 aromatic carbocycles. The molecule has 1 heteroatoms. The molecule has 0 saturated carbocycles. The number of hydrogen-bond donors (Lipinski definition) is 0. The zero-order valence-electron chi connectivity index (χ0n) is 35.3. The normalized spacial score (nSPS) is 14.1. The maximum atomic E-state index is 2.53. The van der Waals surface area contributed by atoms with Crippen molar-refractivity contribution in [2.75, 3.05) is 4.90 Å². The first-order valence-corrected chi connectivity index (χ1v) is 22.2. The molecule has 13 rings (SSSR count). The van der Waals surface area contributed by atoms with Gasteiger partial charge in [0.1, 0.15) is 0 Å². The highest BCUT2D eigenvalue weighted by molar-refractivity contribution is 6.02. The fraction of sp³-hybridized carbons (Fsp3) is 0.0645. The van der Waals surface area contributed by atoms with Gasteiger partial charge in [-0.25, -0.2) is 0 Å². The average molecular weight is 802 g/mol. The van der Waals surface area contributed by atoms with Crippen molar-refractivity contribution < 1.29 is 0 Å². The van der Waals surface area contributed by atoms with E-state index >= 15 is 0 Å². The van der Waals surface area contributed by atoms with Crippen molar-refractivity contribution in [1.82, 2.24) is 0 Å². The monoisotopic (exact) mass is 801 g/mol. The minimum Gasteiger partial charge on any atom is -0.310 e. The molecule has 0 aliphatic heterocycles. The number of rotatable bonds is 5. The number of fused-ring (bicyclic) bond motifs is 14. The second-order valence-corrected chi connectivity index (χ2v) is 17.9. The van der Waals surface area contributed by atoms with Gasteiger partial charge in [0.2, 0.25) is 0 Å². The van der Waals surface area contributed by atoms with Crippen LogP contribution in [0.5, 0.6) is 0 Å². The average Bonchev–Trinajstić information content (AvgIpc) is 3.90. The Morgan fingerprint density at radius 1 is 0.317 bits per heavy atom. The molecule has 0 N–H and O–H groups in total. The van der Waals surface area contributed by atoms with E-state index in [1.165, 1.54) is 99.8 Å². The van der Waals surface area contributed by atoms with Crippen molar-refractivity contribution >= 4 is 27.8 Å². The molecule has 1 spiro atoms. The van der Waals surface area contributed by atoms with Gasteiger partial charge in [-0.1, -0.05) is 208 Å². The predicted molar refractivity (Wildman–Crippen MR) is 263 cm³/mol. The van der Waals surface area contributed by atoms with Crippen LogP contribution in [-0.4, -0.2) is 0 Å². The van der Waals surface area contributed by atoms with Crippen molar-refractivity contribution in [2.45, 2.75) is 24.7 Å². The summed E-state index contributed by atoms with van der Waals surface area (Å²) in [7, 11) is 0. The van der Waals surface area contributed by atoms with E-state index in [1.807, 2.05) is 0 Å². The SMILES string of the molecule is CC1(C)c2ccccc2-c2c(-c3ccccc3N(c3cccc(-c4cccc5ccccc45)c3)c3ccc4c(c3)C3(c5ccccc5-c5ccccc53)c3ccccc3-4)cccc21. The highest BCUT2D eigenvalue weighted by atomic mass is 15.1. The summed E-state index contributed by atoms with van der Waals surface area (Å²) in [5.41, 5.74) is 23.7. The summed E-state index contributed by atoms with van der Waals surface area (Å²) in [5, 5.41) is 2.49. The van der Waals surface area contributed by atoms with Crippen LogP contribution in [0.25, 0.3) is 66.4 Å². The largest absolute Gasteiger partial charge is 0.310 e. The second-order valence-electron chi connectivity index (χ2n) is 17.9. The van der Waals surface area contributed by atoms with E-state index in [4.69, 9.17) is 0 Å². The van der Waals surface area contributed by atoms with Crippen LogP contribution in [0.4, 0.5) is 17.1 Å². The van der Waals surface area contributed by atoms with Gasteiger partial charge in [-0.05, 0) is 125 Å². The Bertz CT molecular complexity index is 3440. The third-order valence-electron chi connectivity index (χ3n) is 14.5. The molecule has 0 atom stereocenters. The maximum absolute atomic E-state index is 2.53. The molecule has 0 bridgehead atoms. The molecule has 296 valence electrons. The molecular formula is C62H43N. The molecule has 0 amide bonds. The van der Waals surface area contributed by atoms with Crippen molar-refractivity contribution in [2.24, 2.45) is 0 Å². The summed E-state index contributed by atoms with van der Waals surface area (Å²) in [6.45, 7) is 4.74. The summed E-state index contributed by atoms with van der Waals surface area (Å²) < 4.78 is 0. The highest BCUT2D eigenvalue weighted by Crippen LogP contribution is 2.63. The van der Waals surface area contributed by atoms with E-state index in [0.29, 0.717) is 0 Å². The van der Waals surface area contributed by atoms with Gasteiger partial charge < -0.3 is 4.90 Å². The van der Waals surface area contributed by atoms with Crippen LogP contribution in [0.1, 0.15) is 47.2 Å². The second kappa shape index (κ2) is 13.4. The summed E-state index contributed by atoms with van der Waals surface area (Å²) in [6.07, 6.45) is 0. The zero-order valence-corrected chi connectivity index (χ0v) is 35.3. The summed E-state index contributed by atoms with van der Waals surface area (Å²) in [6, 6.07) is 84.1. The summed E-state index contributed by atoms with van der Waals surface area (Å²) in [5.74, 6) is 0. The van der Waals surface area contributed by atoms with Crippen molar-refractivity contribution in [3.8, 4) is 55.6 Å². The summed E-state index contributed by atoms with van der Waals surface area (Å²) in [4.78, 5) is 2.53. The van der Waals surface area contributed by atoms with Gasteiger partial charge in [0.15, 0.2) is 0 Å². The number of para-hydroxylation sites is 1. The smallest absolute Gasteiger partial charge is 0.0726 e. The number of benzene rings is 10. The van der Waals surface area contributed by atoms with Crippen LogP contribution in [-0.2, 0) is 10.8 Å². The van der Waals surface area contributed by atoms with Crippen LogP contribution in [0.15, 0.2) is 224 Å². The Labute approximate surface area is 369 Å². The first-order valence-electron chi connectivity index (χ1n) is 22.2. The number of hydrogen-bond acceptors (Lipinski definition) is 1. The van der Waals surface area contributed by atoms with Gasteiger partial charge >= 0.3 is 0 Å². The fourth-order valence-electron chi connectivity index (χ4n) is 11.8. The molecule has 10 aromatic rings. The van der Waals surface area contributed by atoms with Gasteiger partial charge in [0.25, 0.3) is 0 Å². The minimum absolute atomic E-state index is 0.111. The molecule has 63 heavy (non-hydrogen) atoms. The van der Waals surface area contributed by atoms with E-state index in [9.17, 15) is 0 Å². The van der Waals surface area contributed by atoms with E-state index in [2.05, 4.69) is 243 Å². The Morgan fingerprint density at radius 2 is 0.810 bits per heavy atom. The third-order valence-corrected chi connectivity index (χ3v) is 14.5. The molecule has 0 unspecified atom stereocenters. The molecule has 0 radical (unpaired) electrons. The van der Waals surface area contributed by atoms with E-state index in [1.54, 1.807) is 0 Å². The summed E-state index contributed by atoms with van der Waals surface area (Å²) >= 11 is 0. The highest BCUT2D eigenvalue weighted by Gasteiger charge is 2.51. The Kier molecular flexibility index (Phi) is 7.64. The topological polar surface area (TPSA) is 3.24 Å². The Morgan fingerprint density at radius 3 is 1.54 bits per heavy atom. The molecule has 3 aliphatic rings. The van der Waals surface area contributed by atoms with Gasteiger partial charge in [-0.15, -0.1) is 0 Å². The van der Waals surface area contributed by atoms with Crippen LogP contribution >= 0.6 is 0 Å². The van der Waals surface area contributed by atoms with Gasteiger partial charge in [0.05, 0.1) is 11.1 Å². The van der Waals surface area contributed by atoms with Crippen LogP contribution in [0, 0.1) is 0 Å². The quantitative estimate of drug-likeness (QED) is 0.168. The number of nitrogens with zero attached hydrogens (tertiary/aromatic N) is 1. The van der Waals surface area contributed by atoms with Gasteiger partial charge in [-0.3, -0.25) is 0 Å². The molecule has 0 saturated heterocycles. The molecule has 3 aliphatic carbocycles. The standard InChI is InChI=1S/C62H43N/c1-61(2)53-30-10-8-27-52(53)60-51(29-17-34-57(60)61)50-26-9-14-35-59(50)63(42-21-15-20-41(38-42)45-28-16-19-40-18-3-4-22-44(40)45)43-36-37-49-48-25-7-13-33-56(48)62(58(49)39-43)54-31-11-5-23-46(54)47-24-6-12-32-55(47)62/h3-39H,1-2H3. The van der Waals surface area contributed by atoms with Crippen molar-refractivity contribution in [1.29, 1.82) is 0 Å². The maximum Gasteiger partial charge on any atom is 0.0726 e. The lowest BCUT2D eigenvalue weighted by molar-refractivity contribution is 0.660. The molecule has 0 aromatic heterocycles. The zero-order chi connectivity index (χ0) is 41.9. The molecule has 0 heterocycles.